The predicted octanol–water partition coefficient (Wildman–Crippen LogP) is 8.37. The molecule has 1 aliphatic carbocycles. The van der Waals surface area contributed by atoms with Crippen LogP contribution in [0.4, 0.5) is 26.3 Å². The minimum absolute atomic E-state index is 0.0139. The van der Waals surface area contributed by atoms with Crippen molar-refractivity contribution in [2.24, 2.45) is 11.8 Å². The molecule has 3 aromatic carbocycles. The molecule has 3 aromatic rings. The van der Waals surface area contributed by atoms with Crippen LogP contribution in [0.2, 0.25) is 0 Å². The van der Waals surface area contributed by atoms with Gasteiger partial charge in [-0.25, -0.2) is 17.6 Å². The van der Waals surface area contributed by atoms with Gasteiger partial charge in [-0.15, -0.1) is 0 Å². The molecule has 33 heavy (non-hydrogen) atoms. The summed E-state index contributed by atoms with van der Waals surface area (Å²) in [5, 5.41) is 0. The maximum atomic E-state index is 14.8. The number of hydrogen-bond acceptors (Lipinski definition) is 1. The summed E-state index contributed by atoms with van der Waals surface area (Å²) in [6.07, 6.45) is -1.07. The summed E-state index contributed by atoms with van der Waals surface area (Å²) in [4.78, 5) is 0. The number of hydrogen-bond donors (Lipinski definition) is 0. The Balaban J connectivity index is 1.54. The molecule has 0 bridgehead atoms. The van der Waals surface area contributed by atoms with Crippen LogP contribution in [0, 0.1) is 35.1 Å². The number of benzene rings is 3. The lowest BCUT2D eigenvalue weighted by Crippen LogP contribution is -2.36. The molecule has 0 spiro atoms. The van der Waals surface area contributed by atoms with Crippen molar-refractivity contribution in [1.29, 1.82) is 0 Å². The molecule has 7 heteroatoms. The van der Waals surface area contributed by atoms with Gasteiger partial charge in [0, 0.05) is 11.1 Å². The highest BCUT2D eigenvalue weighted by Gasteiger charge is 2.43. The van der Waals surface area contributed by atoms with Crippen molar-refractivity contribution in [2.45, 2.75) is 38.7 Å². The molecule has 0 amide bonds. The summed E-state index contributed by atoms with van der Waals surface area (Å²) in [5.74, 6) is -5.18. The van der Waals surface area contributed by atoms with Crippen LogP contribution in [0.15, 0.2) is 54.6 Å². The number of halogens is 6. The Morgan fingerprint density at radius 2 is 1.24 bits per heavy atom. The van der Waals surface area contributed by atoms with Crippen LogP contribution in [0.25, 0.3) is 22.3 Å². The van der Waals surface area contributed by atoms with E-state index < -0.39 is 35.3 Å². The Kier molecular flexibility index (Phi) is 6.41. The Labute approximate surface area is 188 Å². The van der Waals surface area contributed by atoms with Crippen molar-refractivity contribution in [2.75, 3.05) is 0 Å². The van der Waals surface area contributed by atoms with Gasteiger partial charge in [-0.2, -0.15) is 8.78 Å². The first-order chi connectivity index (χ1) is 15.7. The van der Waals surface area contributed by atoms with Gasteiger partial charge in [-0.05, 0) is 54.2 Å². The fourth-order valence-corrected chi connectivity index (χ4v) is 4.20. The first-order valence-electron chi connectivity index (χ1n) is 10.8. The lowest BCUT2D eigenvalue weighted by atomic mass is 9.82. The fraction of sp³-hybridized carbons (Fsp3) is 0.308. The van der Waals surface area contributed by atoms with Gasteiger partial charge in [0.2, 0.25) is 0 Å². The Bertz CT molecular complexity index is 1130. The normalized spacial score (nSPS) is 18.9. The van der Waals surface area contributed by atoms with Crippen LogP contribution in [-0.4, -0.2) is 6.11 Å². The maximum Gasteiger partial charge on any atom is 0.400 e. The molecular weight excluding hydrogens is 442 g/mol. The average molecular weight is 464 g/mol. The van der Waals surface area contributed by atoms with Gasteiger partial charge >= 0.3 is 6.11 Å². The van der Waals surface area contributed by atoms with E-state index in [4.69, 9.17) is 4.74 Å². The third kappa shape index (κ3) is 4.87. The molecule has 0 heterocycles. The summed E-state index contributed by atoms with van der Waals surface area (Å²) in [7, 11) is 0. The molecule has 1 nitrogen and oxygen atoms in total. The minimum Gasteiger partial charge on any atom is -0.432 e. The molecule has 0 aliphatic heterocycles. The smallest absolute Gasteiger partial charge is 0.400 e. The zero-order valence-corrected chi connectivity index (χ0v) is 17.9. The van der Waals surface area contributed by atoms with Crippen molar-refractivity contribution in [3.8, 4) is 28.0 Å². The van der Waals surface area contributed by atoms with E-state index in [2.05, 4.69) is 0 Å². The van der Waals surface area contributed by atoms with Crippen molar-refractivity contribution >= 4 is 0 Å². The van der Waals surface area contributed by atoms with Gasteiger partial charge in [0.25, 0.3) is 0 Å². The summed E-state index contributed by atoms with van der Waals surface area (Å²) in [6.45, 7) is 2.04. The number of ether oxygens (including phenoxy) is 1. The second-order valence-corrected chi connectivity index (χ2v) is 8.56. The van der Waals surface area contributed by atoms with Crippen molar-refractivity contribution < 1.29 is 31.1 Å². The van der Waals surface area contributed by atoms with Gasteiger partial charge < -0.3 is 4.74 Å². The van der Waals surface area contributed by atoms with Crippen LogP contribution in [0.3, 0.4) is 0 Å². The van der Waals surface area contributed by atoms with Crippen molar-refractivity contribution in [1.82, 2.24) is 0 Å². The van der Waals surface area contributed by atoms with Crippen LogP contribution in [-0.2, 0) is 0 Å². The topological polar surface area (TPSA) is 9.23 Å². The SMILES string of the molecule is CC1CCC(C(F)(F)Oc2ccc(-c3ccc(-c4ccc(F)c(F)c4)c(F)c3F)cc2)CC1. The van der Waals surface area contributed by atoms with Crippen LogP contribution >= 0.6 is 0 Å². The van der Waals surface area contributed by atoms with Crippen molar-refractivity contribution in [3.63, 3.8) is 0 Å². The van der Waals surface area contributed by atoms with Crippen LogP contribution in [0.1, 0.15) is 32.6 Å². The van der Waals surface area contributed by atoms with Gasteiger partial charge in [0.05, 0.1) is 5.92 Å². The second-order valence-electron chi connectivity index (χ2n) is 8.56. The van der Waals surface area contributed by atoms with Crippen LogP contribution in [0.5, 0.6) is 5.75 Å². The number of alkyl halides is 2. The first-order valence-corrected chi connectivity index (χ1v) is 10.8. The average Bonchev–Trinajstić information content (AvgIpc) is 2.78. The lowest BCUT2D eigenvalue weighted by Gasteiger charge is -2.32. The minimum atomic E-state index is -3.31. The van der Waals surface area contributed by atoms with E-state index in [-0.39, 0.29) is 28.0 Å². The van der Waals surface area contributed by atoms with Crippen LogP contribution < -0.4 is 4.74 Å². The van der Waals surface area contributed by atoms with Gasteiger partial charge in [0.1, 0.15) is 5.75 Å². The predicted molar refractivity (Wildman–Crippen MR) is 114 cm³/mol. The van der Waals surface area contributed by atoms with E-state index in [9.17, 15) is 26.3 Å². The summed E-state index contributed by atoms with van der Waals surface area (Å²) < 4.78 is 90.1. The highest BCUT2D eigenvalue weighted by molar-refractivity contribution is 5.72. The largest absolute Gasteiger partial charge is 0.432 e. The maximum absolute atomic E-state index is 14.8. The van der Waals surface area contributed by atoms with Gasteiger partial charge in [0.15, 0.2) is 23.3 Å². The Morgan fingerprint density at radius 1 is 0.697 bits per heavy atom. The Hall–Kier alpha value is -2.96. The molecule has 0 radical (unpaired) electrons. The van der Waals surface area contributed by atoms with E-state index >= 15 is 0 Å². The molecule has 0 saturated heterocycles. The van der Waals surface area contributed by atoms with E-state index in [1.807, 2.05) is 6.92 Å². The fourth-order valence-electron chi connectivity index (χ4n) is 4.20. The quantitative estimate of drug-likeness (QED) is 0.345. The highest BCUT2D eigenvalue weighted by atomic mass is 19.3. The summed E-state index contributed by atoms with van der Waals surface area (Å²) >= 11 is 0. The molecule has 1 saturated carbocycles. The van der Waals surface area contributed by atoms with E-state index in [0.717, 1.165) is 31.0 Å². The van der Waals surface area contributed by atoms with Gasteiger partial charge in [-0.1, -0.05) is 50.1 Å². The van der Waals surface area contributed by atoms with Crippen molar-refractivity contribution in [3.05, 3.63) is 77.9 Å². The molecular formula is C26H22F6O. The van der Waals surface area contributed by atoms with E-state index in [0.29, 0.717) is 18.8 Å². The zero-order valence-electron chi connectivity index (χ0n) is 17.9. The molecule has 174 valence electrons. The lowest BCUT2D eigenvalue weighted by molar-refractivity contribution is -0.223. The molecule has 1 fully saturated rings. The molecule has 0 atom stereocenters. The zero-order chi connectivity index (χ0) is 23.8. The molecule has 0 N–H and O–H groups in total. The van der Waals surface area contributed by atoms with E-state index in [1.54, 1.807) is 0 Å². The third-order valence-electron chi connectivity index (χ3n) is 6.22. The number of rotatable bonds is 5. The Morgan fingerprint density at radius 3 is 1.82 bits per heavy atom. The summed E-state index contributed by atoms with van der Waals surface area (Å²) in [5.41, 5.74) is -0.0831. The highest BCUT2D eigenvalue weighted by Crippen LogP contribution is 2.40. The molecule has 1 aliphatic rings. The summed E-state index contributed by atoms with van der Waals surface area (Å²) in [6, 6.07) is 10.6. The first kappa shape index (κ1) is 23.2. The van der Waals surface area contributed by atoms with Gasteiger partial charge in [-0.3, -0.25) is 0 Å². The van der Waals surface area contributed by atoms with E-state index in [1.165, 1.54) is 36.4 Å². The molecule has 0 unspecified atom stereocenters. The standard InChI is InChI=1S/C26H22F6O/c1-15-2-7-18(8-3-15)26(31,32)33-19-9-4-16(5-10-19)20-11-12-21(25(30)24(20)29)17-6-13-22(27)23(28)14-17/h4-6,9-15,18H,2-3,7-8H2,1H3. The third-order valence-corrected chi connectivity index (χ3v) is 6.22. The molecule has 4 rings (SSSR count). The second kappa shape index (κ2) is 9.12. The molecule has 0 aromatic heterocycles. The monoisotopic (exact) mass is 464 g/mol.